The van der Waals surface area contributed by atoms with Crippen LogP contribution < -0.4 is 0 Å². The van der Waals surface area contributed by atoms with Crippen molar-refractivity contribution in [3.63, 3.8) is 0 Å². The Hall–Kier alpha value is -2.44. The van der Waals surface area contributed by atoms with Gasteiger partial charge in [-0.2, -0.15) is 0 Å². The third-order valence-electron chi connectivity index (χ3n) is 4.62. The van der Waals surface area contributed by atoms with E-state index in [1.54, 1.807) is 19.1 Å². The lowest BCUT2D eigenvalue weighted by atomic mass is 9.87. The fourth-order valence-corrected chi connectivity index (χ4v) is 3.42. The molecular formula is C20H26O7. The van der Waals surface area contributed by atoms with Gasteiger partial charge >= 0.3 is 17.9 Å². The number of esters is 3. The van der Waals surface area contributed by atoms with Gasteiger partial charge in [0.05, 0.1) is 6.61 Å². The van der Waals surface area contributed by atoms with Crippen LogP contribution >= 0.6 is 0 Å². The van der Waals surface area contributed by atoms with E-state index >= 15 is 0 Å². The standard InChI is InChI=1S/C20H26O7/c1-4-6-7-8-14(22)10-9-13-11-15(26-12(3)21)18-16(13)17(20(24)27-18)19(23)25-5-2/h9-11,15-18H,4-8H2,1-3H3/t15-,16+,17-,18+/m1/s1. The molecule has 1 aliphatic heterocycles. The van der Waals surface area contributed by atoms with Gasteiger partial charge in [0.2, 0.25) is 0 Å². The highest BCUT2D eigenvalue weighted by molar-refractivity contribution is 5.98. The van der Waals surface area contributed by atoms with Crippen molar-refractivity contribution in [1.82, 2.24) is 0 Å². The minimum absolute atomic E-state index is 0.0326. The molecule has 7 heteroatoms. The molecular weight excluding hydrogens is 352 g/mol. The Kier molecular flexibility index (Phi) is 7.33. The van der Waals surface area contributed by atoms with Gasteiger partial charge in [-0.3, -0.25) is 19.2 Å². The van der Waals surface area contributed by atoms with Crippen LogP contribution in [0.2, 0.25) is 0 Å². The van der Waals surface area contributed by atoms with Gasteiger partial charge in [-0.1, -0.05) is 25.8 Å². The Labute approximate surface area is 158 Å². The molecule has 0 saturated carbocycles. The predicted molar refractivity (Wildman–Crippen MR) is 95.4 cm³/mol. The molecule has 0 spiro atoms. The van der Waals surface area contributed by atoms with Gasteiger partial charge in [0, 0.05) is 19.3 Å². The molecule has 0 aromatic rings. The van der Waals surface area contributed by atoms with Gasteiger partial charge in [0.15, 0.2) is 23.9 Å². The Morgan fingerprint density at radius 1 is 1.22 bits per heavy atom. The van der Waals surface area contributed by atoms with E-state index in [1.165, 1.54) is 13.0 Å². The number of allylic oxidation sites excluding steroid dienone is 2. The molecule has 1 fully saturated rings. The number of rotatable bonds is 9. The van der Waals surface area contributed by atoms with Crippen molar-refractivity contribution in [2.45, 2.75) is 58.7 Å². The van der Waals surface area contributed by atoms with E-state index in [4.69, 9.17) is 14.2 Å². The summed E-state index contributed by atoms with van der Waals surface area (Å²) in [7, 11) is 0. The molecule has 27 heavy (non-hydrogen) atoms. The summed E-state index contributed by atoms with van der Waals surface area (Å²) in [6.45, 7) is 5.11. The summed E-state index contributed by atoms with van der Waals surface area (Å²) in [5, 5.41) is 0. The molecule has 0 amide bonds. The van der Waals surface area contributed by atoms with Crippen molar-refractivity contribution in [2.75, 3.05) is 6.61 Å². The van der Waals surface area contributed by atoms with Crippen molar-refractivity contribution in [1.29, 1.82) is 0 Å². The van der Waals surface area contributed by atoms with Gasteiger partial charge in [0.25, 0.3) is 0 Å². The number of fused-ring (bicyclic) bond motifs is 1. The van der Waals surface area contributed by atoms with Crippen molar-refractivity contribution < 1.29 is 33.4 Å². The molecule has 2 aliphatic rings. The van der Waals surface area contributed by atoms with Crippen molar-refractivity contribution in [3.05, 3.63) is 23.8 Å². The maximum Gasteiger partial charge on any atom is 0.321 e. The number of unbranched alkanes of at least 4 members (excludes halogenated alkanes) is 2. The number of ketones is 1. The van der Waals surface area contributed by atoms with Crippen molar-refractivity contribution >= 4 is 23.7 Å². The number of carbonyl (C=O) groups is 4. The highest BCUT2D eigenvalue weighted by Crippen LogP contribution is 2.43. The maximum atomic E-state index is 12.2. The van der Waals surface area contributed by atoms with E-state index in [2.05, 4.69) is 6.92 Å². The fraction of sp³-hybridized carbons (Fsp3) is 0.600. The third-order valence-corrected chi connectivity index (χ3v) is 4.62. The smallest absolute Gasteiger partial charge is 0.321 e. The summed E-state index contributed by atoms with van der Waals surface area (Å²) in [5.41, 5.74) is 0.569. The zero-order valence-corrected chi connectivity index (χ0v) is 15.9. The second kappa shape index (κ2) is 9.48. The molecule has 148 valence electrons. The lowest BCUT2D eigenvalue weighted by Gasteiger charge is -2.18. The Bertz CT molecular complexity index is 661. The molecule has 1 heterocycles. The van der Waals surface area contributed by atoms with Gasteiger partial charge in [-0.05, 0) is 31.1 Å². The lowest BCUT2D eigenvalue weighted by molar-refractivity contribution is -0.160. The van der Waals surface area contributed by atoms with Gasteiger partial charge in [-0.15, -0.1) is 0 Å². The van der Waals surface area contributed by atoms with Crippen LogP contribution in [0.25, 0.3) is 0 Å². The monoisotopic (exact) mass is 378 g/mol. The molecule has 1 aliphatic carbocycles. The van der Waals surface area contributed by atoms with Crippen molar-refractivity contribution in [2.24, 2.45) is 11.8 Å². The first-order valence-corrected chi connectivity index (χ1v) is 9.36. The number of ether oxygens (including phenoxy) is 3. The normalized spacial score (nSPS) is 26.5. The number of hydrogen-bond donors (Lipinski definition) is 0. The highest BCUT2D eigenvalue weighted by Gasteiger charge is 2.57. The topological polar surface area (TPSA) is 96.0 Å². The quantitative estimate of drug-likeness (QED) is 0.200. The van der Waals surface area contributed by atoms with E-state index in [-0.39, 0.29) is 12.4 Å². The van der Waals surface area contributed by atoms with Crippen LogP contribution in [-0.2, 0) is 33.4 Å². The van der Waals surface area contributed by atoms with Crippen LogP contribution in [0.1, 0.15) is 46.5 Å². The molecule has 0 bridgehead atoms. The molecule has 1 saturated heterocycles. The van der Waals surface area contributed by atoms with Crippen LogP contribution in [0.3, 0.4) is 0 Å². The van der Waals surface area contributed by atoms with Gasteiger partial charge < -0.3 is 14.2 Å². The molecule has 0 radical (unpaired) electrons. The van der Waals surface area contributed by atoms with E-state index in [1.807, 2.05) is 0 Å². The molecule has 0 unspecified atom stereocenters. The minimum atomic E-state index is -1.12. The first-order valence-electron chi connectivity index (χ1n) is 9.36. The molecule has 0 aromatic heterocycles. The first kappa shape index (κ1) is 20.9. The third kappa shape index (κ3) is 5.05. The van der Waals surface area contributed by atoms with E-state index in [0.29, 0.717) is 12.0 Å². The summed E-state index contributed by atoms with van der Waals surface area (Å²) < 4.78 is 15.5. The summed E-state index contributed by atoms with van der Waals surface area (Å²) >= 11 is 0. The Balaban J connectivity index is 2.20. The lowest BCUT2D eigenvalue weighted by Crippen LogP contribution is -2.32. The van der Waals surface area contributed by atoms with Crippen LogP contribution in [0, 0.1) is 11.8 Å². The SMILES string of the molecule is CCCCCC(=O)C=CC1=C[C@@H](OC(C)=O)[C@@H]2OC(=O)[C@@H](C(=O)OCC)[C@H]12. The first-order chi connectivity index (χ1) is 12.9. The Morgan fingerprint density at radius 2 is 1.96 bits per heavy atom. The zero-order valence-electron chi connectivity index (χ0n) is 15.9. The average Bonchev–Trinajstić information content (AvgIpc) is 3.09. The van der Waals surface area contributed by atoms with Crippen LogP contribution in [0.5, 0.6) is 0 Å². The average molecular weight is 378 g/mol. The molecule has 7 nitrogen and oxygen atoms in total. The van der Waals surface area contributed by atoms with E-state index in [9.17, 15) is 19.2 Å². The number of carbonyl (C=O) groups excluding carboxylic acids is 4. The fourth-order valence-electron chi connectivity index (χ4n) is 3.42. The van der Waals surface area contributed by atoms with Gasteiger partial charge in [-0.25, -0.2) is 0 Å². The molecule has 2 rings (SSSR count). The minimum Gasteiger partial charge on any atom is -0.465 e. The second-order valence-electron chi connectivity index (χ2n) is 6.65. The largest absolute Gasteiger partial charge is 0.465 e. The number of hydrogen-bond acceptors (Lipinski definition) is 7. The molecule has 0 aromatic carbocycles. The summed E-state index contributed by atoms with van der Waals surface area (Å²) in [6.07, 6.45) is 6.35. The highest BCUT2D eigenvalue weighted by atomic mass is 16.6. The Morgan fingerprint density at radius 3 is 2.59 bits per heavy atom. The molecule has 0 N–H and O–H groups in total. The summed E-state index contributed by atoms with van der Waals surface area (Å²) in [4.78, 5) is 47.8. The molecule has 4 atom stereocenters. The maximum absolute atomic E-state index is 12.2. The van der Waals surface area contributed by atoms with Crippen LogP contribution in [0.4, 0.5) is 0 Å². The van der Waals surface area contributed by atoms with Crippen LogP contribution in [-0.4, -0.2) is 42.5 Å². The van der Waals surface area contributed by atoms with E-state index < -0.39 is 42.0 Å². The van der Waals surface area contributed by atoms with Crippen molar-refractivity contribution in [3.8, 4) is 0 Å². The summed E-state index contributed by atoms with van der Waals surface area (Å²) in [5.74, 6) is -3.69. The summed E-state index contributed by atoms with van der Waals surface area (Å²) in [6, 6.07) is 0. The van der Waals surface area contributed by atoms with Crippen LogP contribution in [0.15, 0.2) is 23.8 Å². The second-order valence-corrected chi connectivity index (χ2v) is 6.65. The predicted octanol–water partition coefficient (Wildman–Crippen LogP) is 2.28. The zero-order chi connectivity index (χ0) is 20.0. The van der Waals surface area contributed by atoms with Gasteiger partial charge in [0.1, 0.15) is 0 Å². The van der Waals surface area contributed by atoms with E-state index in [0.717, 1.165) is 19.3 Å².